The fourth-order valence-electron chi connectivity index (χ4n) is 4.15. The van der Waals surface area contributed by atoms with E-state index in [1.54, 1.807) is 17.0 Å². The number of nitrogens with two attached hydrogens (primary N) is 1. The van der Waals surface area contributed by atoms with Gasteiger partial charge in [0.2, 0.25) is 5.95 Å². The number of nitrogens with zero attached hydrogens (tertiary/aromatic N) is 5. The highest BCUT2D eigenvalue weighted by atomic mass is 35.5. The number of fused-ring (bicyclic) bond motifs is 1. The number of halogens is 2. The molecule has 1 fully saturated rings. The zero-order valence-electron chi connectivity index (χ0n) is 18.9. The molecule has 3 N–H and O–H groups in total. The van der Waals surface area contributed by atoms with Crippen molar-refractivity contribution in [2.24, 2.45) is 0 Å². The molecular weight excluding hydrogens is 477 g/mol. The van der Waals surface area contributed by atoms with Gasteiger partial charge in [-0.3, -0.25) is 4.68 Å². The smallest absolute Gasteiger partial charge is 0.318 e. The average molecular weight is 502 g/mol. The topological polar surface area (TPSA) is 111 Å². The summed E-state index contributed by atoms with van der Waals surface area (Å²) in [6, 6.07) is 5.51. The molecule has 0 radical (unpaired) electrons. The van der Waals surface area contributed by atoms with E-state index in [0.717, 1.165) is 29.8 Å². The van der Waals surface area contributed by atoms with Gasteiger partial charge in [0.1, 0.15) is 12.4 Å². The highest BCUT2D eigenvalue weighted by Crippen LogP contribution is 2.42. The quantitative estimate of drug-likeness (QED) is 0.525. The third kappa shape index (κ3) is 4.63. The Hall–Kier alpha value is -3.04. The maximum atomic E-state index is 12.6. The monoisotopic (exact) mass is 501 g/mol. The van der Waals surface area contributed by atoms with Crippen molar-refractivity contribution in [2.45, 2.75) is 52.4 Å². The third-order valence-corrected chi connectivity index (χ3v) is 6.43. The SMILES string of the molecule is Cc1cc(C)n(CCOc2cc(Cl)cc(Cl)c2-c2nc(N)nc3c2CN(C(=O)NC2CC2)C3)n1. The van der Waals surface area contributed by atoms with Crippen LogP contribution in [0.5, 0.6) is 5.75 Å². The van der Waals surface area contributed by atoms with Crippen LogP contribution >= 0.6 is 23.2 Å². The van der Waals surface area contributed by atoms with Crippen molar-refractivity contribution in [1.82, 2.24) is 30.0 Å². The molecule has 1 aliphatic heterocycles. The molecule has 3 aromatic rings. The number of amides is 2. The number of benzene rings is 1. The second kappa shape index (κ2) is 8.96. The maximum Gasteiger partial charge on any atom is 0.318 e. The summed E-state index contributed by atoms with van der Waals surface area (Å²) in [5, 5.41) is 8.31. The number of aryl methyl sites for hydroxylation is 2. The zero-order chi connectivity index (χ0) is 24.0. The van der Waals surface area contributed by atoms with Gasteiger partial charge in [0.15, 0.2) is 0 Å². The summed E-state index contributed by atoms with van der Waals surface area (Å²) < 4.78 is 8.02. The summed E-state index contributed by atoms with van der Waals surface area (Å²) in [5.74, 6) is 0.595. The third-order valence-electron chi connectivity index (χ3n) is 5.91. The summed E-state index contributed by atoms with van der Waals surface area (Å²) in [6.45, 7) is 5.57. The molecule has 0 atom stereocenters. The predicted molar refractivity (Wildman–Crippen MR) is 130 cm³/mol. The molecule has 0 saturated heterocycles. The predicted octanol–water partition coefficient (Wildman–Crippen LogP) is 4.11. The minimum Gasteiger partial charge on any atom is -0.491 e. The van der Waals surface area contributed by atoms with Gasteiger partial charge in [0.25, 0.3) is 0 Å². The Morgan fingerprint density at radius 2 is 2.00 bits per heavy atom. The Kier molecular flexibility index (Phi) is 5.99. The minimum atomic E-state index is -0.117. The molecule has 9 nitrogen and oxygen atoms in total. The van der Waals surface area contributed by atoms with E-state index in [2.05, 4.69) is 20.4 Å². The Balaban J connectivity index is 1.45. The van der Waals surface area contributed by atoms with E-state index in [1.807, 2.05) is 24.6 Å². The van der Waals surface area contributed by atoms with Gasteiger partial charge < -0.3 is 20.7 Å². The lowest BCUT2D eigenvalue weighted by molar-refractivity contribution is 0.197. The number of rotatable bonds is 6. The summed E-state index contributed by atoms with van der Waals surface area (Å²) in [6.07, 6.45) is 2.03. The molecule has 2 amide bonds. The molecular formula is C23H25Cl2N7O2. The largest absolute Gasteiger partial charge is 0.491 e. The van der Waals surface area contributed by atoms with E-state index in [-0.39, 0.29) is 18.0 Å². The van der Waals surface area contributed by atoms with E-state index >= 15 is 0 Å². The average Bonchev–Trinajstić information content (AvgIpc) is 3.36. The fraction of sp³-hybridized carbons (Fsp3) is 0.391. The minimum absolute atomic E-state index is 0.109. The molecule has 2 aliphatic rings. The molecule has 0 bridgehead atoms. The number of hydrogen-bond acceptors (Lipinski definition) is 6. The molecule has 2 aromatic heterocycles. The summed E-state index contributed by atoms with van der Waals surface area (Å²) in [7, 11) is 0. The van der Waals surface area contributed by atoms with E-state index in [9.17, 15) is 4.79 Å². The molecule has 3 heterocycles. The lowest BCUT2D eigenvalue weighted by Crippen LogP contribution is -2.37. The zero-order valence-corrected chi connectivity index (χ0v) is 20.4. The summed E-state index contributed by atoms with van der Waals surface area (Å²) >= 11 is 12.9. The van der Waals surface area contributed by atoms with E-state index in [4.69, 9.17) is 33.7 Å². The van der Waals surface area contributed by atoms with E-state index < -0.39 is 0 Å². The fourth-order valence-corrected chi connectivity index (χ4v) is 4.72. The first kappa shape index (κ1) is 22.7. The molecule has 0 unspecified atom stereocenters. The van der Waals surface area contributed by atoms with Crippen molar-refractivity contribution in [3.8, 4) is 17.0 Å². The number of urea groups is 1. The van der Waals surface area contributed by atoms with Gasteiger partial charge in [0, 0.05) is 22.3 Å². The van der Waals surface area contributed by atoms with Crippen LogP contribution in [-0.2, 0) is 19.6 Å². The highest BCUT2D eigenvalue weighted by molar-refractivity contribution is 6.37. The molecule has 178 valence electrons. The van der Waals surface area contributed by atoms with Crippen molar-refractivity contribution in [2.75, 3.05) is 12.3 Å². The van der Waals surface area contributed by atoms with Crippen LogP contribution in [0.2, 0.25) is 10.0 Å². The summed E-state index contributed by atoms with van der Waals surface area (Å²) in [5.41, 5.74) is 10.7. The molecule has 5 rings (SSSR count). The van der Waals surface area contributed by atoms with Gasteiger partial charge >= 0.3 is 6.03 Å². The van der Waals surface area contributed by atoms with Crippen LogP contribution in [-0.4, -0.2) is 43.3 Å². The number of carbonyl (C=O) groups is 1. The number of nitrogens with one attached hydrogen (secondary N) is 1. The number of nitrogen functional groups attached to an aromatic ring is 1. The van der Waals surface area contributed by atoms with Crippen molar-refractivity contribution in [1.29, 1.82) is 0 Å². The Labute approximate surface area is 207 Å². The van der Waals surface area contributed by atoms with Gasteiger partial charge in [0.05, 0.1) is 47.3 Å². The first-order valence-corrected chi connectivity index (χ1v) is 11.9. The van der Waals surface area contributed by atoms with E-state index in [1.165, 1.54) is 0 Å². The van der Waals surface area contributed by atoms with Gasteiger partial charge in [-0.25, -0.2) is 14.8 Å². The molecule has 1 aliphatic carbocycles. The van der Waals surface area contributed by atoms with E-state index in [0.29, 0.717) is 59.0 Å². The van der Waals surface area contributed by atoms with Crippen LogP contribution in [0.3, 0.4) is 0 Å². The van der Waals surface area contributed by atoms with Crippen LogP contribution in [0.15, 0.2) is 18.2 Å². The first-order valence-electron chi connectivity index (χ1n) is 11.1. The lowest BCUT2D eigenvalue weighted by atomic mass is 10.0. The number of carbonyl (C=O) groups excluding carboxylic acids is 1. The van der Waals surface area contributed by atoms with Crippen LogP contribution in [0.4, 0.5) is 10.7 Å². The first-order chi connectivity index (χ1) is 16.3. The maximum absolute atomic E-state index is 12.6. The molecule has 1 saturated carbocycles. The van der Waals surface area contributed by atoms with Crippen LogP contribution < -0.4 is 15.8 Å². The summed E-state index contributed by atoms with van der Waals surface area (Å²) in [4.78, 5) is 23.2. The number of ether oxygens (including phenoxy) is 1. The van der Waals surface area contributed by atoms with Crippen LogP contribution in [0, 0.1) is 13.8 Å². The molecule has 1 aromatic carbocycles. The molecule has 11 heteroatoms. The van der Waals surface area contributed by atoms with Gasteiger partial charge in [-0.05, 0) is 44.9 Å². The van der Waals surface area contributed by atoms with Crippen LogP contribution in [0.25, 0.3) is 11.3 Å². The Morgan fingerprint density at radius 3 is 2.71 bits per heavy atom. The van der Waals surface area contributed by atoms with Crippen molar-refractivity contribution in [3.63, 3.8) is 0 Å². The second-order valence-corrected chi connectivity index (χ2v) is 9.54. The van der Waals surface area contributed by atoms with Gasteiger partial charge in [-0.1, -0.05) is 23.2 Å². The number of aromatic nitrogens is 4. The highest BCUT2D eigenvalue weighted by Gasteiger charge is 2.33. The van der Waals surface area contributed by atoms with Gasteiger partial charge in [-0.15, -0.1) is 0 Å². The normalized spacial score (nSPS) is 14.9. The standard InChI is InChI=1S/C23H25Cl2N7O2/c1-12-7-13(2)32(30-12)5-6-34-19-9-14(24)8-17(25)20(19)21-16-10-31(23(33)27-15-3-4-15)11-18(16)28-22(26)29-21/h7-9,15H,3-6,10-11H2,1-2H3,(H,27,33)(H2,26,28,29). The molecule has 0 spiro atoms. The number of hydrogen-bond donors (Lipinski definition) is 2. The van der Waals surface area contributed by atoms with Crippen molar-refractivity contribution < 1.29 is 9.53 Å². The van der Waals surface area contributed by atoms with Crippen molar-refractivity contribution in [3.05, 3.63) is 50.9 Å². The Bertz CT molecular complexity index is 1270. The van der Waals surface area contributed by atoms with Crippen LogP contribution in [0.1, 0.15) is 35.5 Å². The molecule has 34 heavy (non-hydrogen) atoms. The van der Waals surface area contributed by atoms with Gasteiger partial charge in [-0.2, -0.15) is 5.10 Å². The van der Waals surface area contributed by atoms with Crippen molar-refractivity contribution >= 4 is 35.2 Å². The second-order valence-electron chi connectivity index (χ2n) is 8.69. The lowest BCUT2D eigenvalue weighted by Gasteiger charge is -2.17. The number of anilines is 1. The Morgan fingerprint density at radius 1 is 1.21 bits per heavy atom.